The molecule has 0 radical (unpaired) electrons. The third-order valence-electron chi connectivity index (χ3n) is 4.24. The molecular weight excluding hydrogens is 344 g/mol. The van der Waals surface area contributed by atoms with Crippen molar-refractivity contribution in [2.45, 2.75) is 6.04 Å². The fourth-order valence-corrected chi connectivity index (χ4v) is 3.28. The summed E-state index contributed by atoms with van der Waals surface area (Å²) in [6.07, 6.45) is 1.59. The molecule has 4 nitrogen and oxygen atoms in total. The minimum Gasteiger partial charge on any atom is -0.467 e. The third kappa shape index (κ3) is 3.05. The van der Waals surface area contributed by atoms with Crippen LogP contribution in [0.3, 0.4) is 0 Å². The average Bonchev–Trinajstić information content (AvgIpc) is 3.23. The van der Waals surface area contributed by atoms with Crippen molar-refractivity contribution in [2.75, 3.05) is 0 Å². The third-order valence-corrected chi connectivity index (χ3v) is 4.46. The first-order chi connectivity index (χ1) is 12.7. The van der Waals surface area contributed by atoms with Crippen LogP contribution in [0, 0.1) is 0 Å². The number of hydrogen-bond acceptors (Lipinski definition) is 3. The van der Waals surface area contributed by atoms with Gasteiger partial charge >= 0.3 is 0 Å². The quantitative estimate of drug-likeness (QED) is 0.542. The monoisotopic (exact) mass is 360 g/mol. The van der Waals surface area contributed by atoms with Crippen molar-refractivity contribution < 1.29 is 9.21 Å². The second kappa shape index (κ2) is 6.98. The van der Waals surface area contributed by atoms with Crippen LogP contribution >= 0.6 is 12.2 Å². The van der Waals surface area contributed by atoms with E-state index in [0.717, 1.165) is 5.56 Å². The molecule has 1 atom stereocenters. The first kappa shape index (κ1) is 16.3. The number of hydrogen-bond donors (Lipinski definition) is 2. The molecule has 0 saturated heterocycles. The fraction of sp³-hybridized carbons (Fsp3) is 0.0476. The predicted molar refractivity (Wildman–Crippen MR) is 104 cm³/mol. The lowest BCUT2D eigenvalue weighted by atomic mass is 9.90. The Morgan fingerprint density at radius 2 is 1.62 bits per heavy atom. The molecule has 0 bridgehead atoms. The van der Waals surface area contributed by atoms with Gasteiger partial charge in [-0.05, 0) is 29.9 Å². The number of carbonyl (C=O) groups is 1. The molecule has 0 saturated carbocycles. The standard InChI is InChI=1S/C21H16N2O2S/c24-20(15-10-5-2-6-11-15)17-18(14-8-3-1-4-9-14)22-21(26)23-19(17)16-12-7-13-25-16/h1-13,19H,(H2,22,23,26)/t19-/m1/s1. The summed E-state index contributed by atoms with van der Waals surface area (Å²) in [5.74, 6) is 0.565. The van der Waals surface area contributed by atoms with Crippen LogP contribution in [-0.2, 0) is 0 Å². The summed E-state index contributed by atoms with van der Waals surface area (Å²) < 4.78 is 5.59. The maximum atomic E-state index is 13.4. The molecule has 5 heteroatoms. The summed E-state index contributed by atoms with van der Waals surface area (Å²) in [4.78, 5) is 13.4. The lowest BCUT2D eigenvalue weighted by Crippen LogP contribution is -2.44. The molecule has 2 aromatic carbocycles. The number of rotatable bonds is 4. The second-order valence-electron chi connectivity index (χ2n) is 5.90. The summed E-state index contributed by atoms with van der Waals surface area (Å²) in [6.45, 7) is 0. The first-order valence-electron chi connectivity index (χ1n) is 8.24. The Hall–Kier alpha value is -3.18. The van der Waals surface area contributed by atoms with Crippen molar-refractivity contribution in [3.8, 4) is 0 Å². The number of benzene rings is 2. The van der Waals surface area contributed by atoms with Gasteiger partial charge in [0.25, 0.3) is 0 Å². The molecule has 0 amide bonds. The number of Topliss-reactive ketones (excluding diaryl/α,β-unsaturated/α-hetero) is 1. The van der Waals surface area contributed by atoms with Crippen LogP contribution in [0.1, 0.15) is 27.7 Å². The Balaban J connectivity index is 1.92. The zero-order valence-electron chi connectivity index (χ0n) is 13.8. The molecule has 2 N–H and O–H groups in total. The Kier molecular flexibility index (Phi) is 4.37. The van der Waals surface area contributed by atoms with Crippen LogP contribution in [0.25, 0.3) is 5.70 Å². The number of thiocarbonyl (C=S) groups is 1. The fourth-order valence-electron chi connectivity index (χ4n) is 3.06. The van der Waals surface area contributed by atoms with Crippen LogP contribution in [0.15, 0.2) is 89.0 Å². The molecule has 0 spiro atoms. The molecule has 3 aromatic rings. The van der Waals surface area contributed by atoms with Crippen LogP contribution in [-0.4, -0.2) is 10.9 Å². The van der Waals surface area contributed by atoms with Crippen molar-refractivity contribution in [3.63, 3.8) is 0 Å². The van der Waals surface area contributed by atoms with E-state index in [4.69, 9.17) is 16.6 Å². The van der Waals surface area contributed by atoms with Gasteiger partial charge in [0.15, 0.2) is 10.9 Å². The van der Waals surface area contributed by atoms with Gasteiger partial charge in [-0.25, -0.2) is 0 Å². The Bertz CT molecular complexity index is 964. The van der Waals surface area contributed by atoms with Gasteiger partial charge in [0.05, 0.1) is 17.5 Å². The molecule has 0 aliphatic carbocycles. The van der Waals surface area contributed by atoms with Gasteiger partial charge in [0, 0.05) is 5.56 Å². The SMILES string of the molecule is O=C(C1=C(c2ccccc2)NC(=S)N[C@@H]1c1ccco1)c1ccccc1. The van der Waals surface area contributed by atoms with Crippen molar-refractivity contribution >= 4 is 28.8 Å². The minimum absolute atomic E-state index is 0.0756. The maximum Gasteiger partial charge on any atom is 0.193 e. The van der Waals surface area contributed by atoms with Crippen molar-refractivity contribution in [1.82, 2.24) is 10.6 Å². The highest BCUT2D eigenvalue weighted by Gasteiger charge is 2.33. The lowest BCUT2D eigenvalue weighted by Gasteiger charge is -2.30. The summed E-state index contributed by atoms with van der Waals surface area (Å²) in [7, 11) is 0. The van der Waals surface area contributed by atoms with E-state index in [0.29, 0.717) is 27.7 Å². The van der Waals surface area contributed by atoms with E-state index in [1.54, 1.807) is 12.3 Å². The first-order valence-corrected chi connectivity index (χ1v) is 8.65. The van der Waals surface area contributed by atoms with E-state index >= 15 is 0 Å². The van der Waals surface area contributed by atoms with Crippen molar-refractivity contribution in [3.05, 3.63) is 102 Å². The lowest BCUT2D eigenvalue weighted by molar-refractivity contribution is 0.102. The van der Waals surface area contributed by atoms with Crippen LogP contribution in [0.2, 0.25) is 0 Å². The molecule has 4 rings (SSSR count). The maximum absolute atomic E-state index is 13.4. The normalized spacial score (nSPS) is 16.8. The Morgan fingerprint density at radius 3 is 2.27 bits per heavy atom. The van der Waals surface area contributed by atoms with Gasteiger partial charge in [0.2, 0.25) is 0 Å². The molecular formula is C21H16N2O2S. The smallest absolute Gasteiger partial charge is 0.193 e. The Labute approximate surface area is 156 Å². The van der Waals surface area contributed by atoms with Crippen molar-refractivity contribution in [1.29, 1.82) is 0 Å². The van der Waals surface area contributed by atoms with Gasteiger partial charge in [-0.1, -0.05) is 60.7 Å². The minimum atomic E-state index is -0.457. The van der Waals surface area contributed by atoms with Crippen LogP contribution in [0.4, 0.5) is 0 Å². The van der Waals surface area contributed by atoms with Crippen LogP contribution in [0.5, 0.6) is 0 Å². The summed E-state index contributed by atoms with van der Waals surface area (Å²) in [5.41, 5.74) is 2.78. The van der Waals surface area contributed by atoms with Gasteiger partial charge in [-0.2, -0.15) is 0 Å². The number of ketones is 1. The van der Waals surface area contributed by atoms with E-state index in [9.17, 15) is 4.79 Å². The number of furan rings is 1. The molecule has 128 valence electrons. The van der Waals surface area contributed by atoms with E-state index in [-0.39, 0.29) is 5.78 Å². The van der Waals surface area contributed by atoms with Gasteiger partial charge in [-0.15, -0.1) is 0 Å². The number of nitrogens with one attached hydrogen (secondary N) is 2. The molecule has 26 heavy (non-hydrogen) atoms. The van der Waals surface area contributed by atoms with E-state index in [1.807, 2.05) is 66.7 Å². The van der Waals surface area contributed by atoms with Gasteiger partial charge in [0.1, 0.15) is 11.8 Å². The van der Waals surface area contributed by atoms with E-state index in [2.05, 4.69) is 10.6 Å². The zero-order chi connectivity index (χ0) is 17.9. The second-order valence-corrected chi connectivity index (χ2v) is 6.30. The Morgan fingerprint density at radius 1 is 0.923 bits per heavy atom. The molecule has 0 unspecified atom stereocenters. The molecule has 1 aromatic heterocycles. The van der Waals surface area contributed by atoms with Crippen molar-refractivity contribution in [2.24, 2.45) is 0 Å². The molecule has 1 aliphatic heterocycles. The van der Waals surface area contributed by atoms with Crippen LogP contribution < -0.4 is 10.6 Å². The highest BCUT2D eigenvalue weighted by atomic mass is 32.1. The highest BCUT2D eigenvalue weighted by Crippen LogP contribution is 2.33. The van der Waals surface area contributed by atoms with Gasteiger partial charge in [-0.3, -0.25) is 4.79 Å². The number of carbonyl (C=O) groups excluding carboxylic acids is 1. The highest BCUT2D eigenvalue weighted by molar-refractivity contribution is 7.80. The molecule has 0 fully saturated rings. The average molecular weight is 360 g/mol. The topological polar surface area (TPSA) is 54.3 Å². The zero-order valence-corrected chi connectivity index (χ0v) is 14.6. The molecule has 1 aliphatic rings. The van der Waals surface area contributed by atoms with E-state index in [1.165, 1.54) is 0 Å². The van der Waals surface area contributed by atoms with E-state index < -0.39 is 6.04 Å². The summed E-state index contributed by atoms with van der Waals surface area (Å²) >= 11 is 5.38. The molecule has 2 heterocycles. The summed E-state index contributed by atoms with van der Waals surface area (Å²) in [5, 5.41) is 6.78. The largest absolute Gasteiger partial charge is 0.467 e. The summed E-state index contributed by atoms with van der Waals surface area (Å²) in [6, 6.07) is 22.1. The predicted octanol–water partition coefficient (Wildman–Crippen LogP) is 4.09. The van der Waals surface area contributed by atoms with Gasteiger partial charge < -0.3 is 15.1 Å².